The van der Waals surface area contributed by atoms with Gasteiger partial charge in [-0.1, -0.05) is 31.4 Å². The van der Waals surface area contributed by atoms with Crippen molar-refractivity contribution in [1.82, 2.24) is 5.32 Å². The molecule has 1 heterocycles. The predicted molar refractivity (Wildman–Crippen MR) is 84.1 cm³/mol. The Balaban J connectivity index is 1.72. The molecule has 1 aromatic rings. The van der Waals surface area contributed by atoms with Gasteiger partial charge >= 0.3 is 0 Å². The van der Waals surface area contributed by atoms with E-state index in [1.165, 1.54) is 48.3 Å². The highest BCUT2D eigenvalue weighted by molar-refractivity contribution is 7.99. The maximum atomic E-state index is 6.17. The lowest BCUT2D eigenvalue weighted by atomic mass is 10.00. The lowest BCUT2D eigenvalue weighted by Crippen LogP contribution is -2.34. The maximum absolute atomic E-state index is 6.17. The van der Waals surface area contributed by atoms with Crippen molar-refractivity contribution in [2.24, 2.45) is 5.92 Å². The average molecular weight is 296 g/mol. The zero-order valence-corrected chi connectivity index (χ0v) is 13.1. The first kappa shape index (κ1) is 13.8. The third-order valence-corrected chi connectivity index (χ3v) is 5.61. The molecular formula is C16H22ClNS. The van der Waals surface area contributed by atoms with Gasteiger partial charge in [0.05, 0.1) is 0 Å². The summed E-state index contributed by atoms with van der Waals surface area (Å²) in [4.78, 5) is 1.41. The fourth-order valence-corrected chi connectivity index (χ4v) is 4.22. The number of halogens is 1. The number of hydrogen-bond donors (Lipinski definition) is 1. The number of thioether (sulfide) groups is 1. The molecule has 1 saturated carbocycles. The van der Waals surface area contributed by atoms with Crippen LogP contribution in [0.15, 0.2) is 23.1 Å². The number of benzene rings is 1. The van der Waals surface area contributed by atoms with Crippen LogP contribution in [0.3, 0.4) is 0 Å². The zero-order chi connectivity index (χ0) is 13.2. The Morgan fingerprint density at radius 3 is 2.95 bits per heavy atom. The Morgan fingerprint density at radius 2 is 2.21 bits per heavy atom. The molecule has 0 bridgehead atoms. The van der Waals surface area contributed by atoms with E-state index >= 15 is 0 Å². The summed E-state index contributed by atoms with van der Waals surface area (Å²) >= 11 is 8.13. The second kappa shape index (κ2) is 6.07. The Hall–Kier alpha value is -0.180. The minimum Gasteiger partial charge on any atom is -0.307 e. The van der Waals surface area contributed by atoms with Gasteiger partial charge in [0, 0.05) is 22.0 Å². The van der Waals surface area contributed by atoms with Gasteiger partial charge in [-0.15, -0.1) is 11.8 Å². The van der Waals surface area contributed by atoms with Crippen molar-refractivity contribution in [3.63, 3.8) is 0 Å². The highest BCUT2D eigenvalue weighted by Crippen LogP contribution is 2.39. The minimum atomic E-state index is 0.499. The molecule has 2 atom stereocenters. The summed E-state index contributed by atoms with van der Waals surface area (Å²) < 4.78 is 0. The Labute approximate surface area is 125 Å². The summed E-state index contributed by atoms with van der Waals surface area (Å²) in [6.07, 6.45) is 6.70. The molecule has 0 amide bonds. The second-order valence-electron chi connectivity index (χ2n) is 5.82. The van der Waals surface area contributed by atoms with Gasteiger partial charge < -0.3 is 5.32 Å². The average Bonchev–Trinajstić information content (AvgIpc) is 3.22. The quantitative estimate of drug-likeness (QED) is 0.816. The number of nitrogens with one attached hydrogen (secondary N) is 1. The van der Waals surface area contributed by atoms with Crippen molar-refractivity contribution in [1.29, 1.82) is 0 Å². The van der Waals surface area contributed by atoms with Crippen molar-refractivity contribution in [3.05, 3.63) is 28.8 Å². The summed E-state index contributed by atoms with van der Waals surface area (Å²) in [7, 11) is 0. The fraction of sp³-hybridized carbons (Fsp3) is 0.625. The lowest BCUT2D eigenvalue weighted by molar-refractivity contribution is 0.380. The molecule has 0 saturated heterocycles. The minimum absolute atomic E-state index is 0.499. The van der Waals surface area contributed by atoms with E-state index in [4.69, 9.17) is 11.6 Å². The first-order valence-corrected chi connectivity index (χ1v) is 8.81. The predicted octanol–water partition coefficient (Wildman–Crippen LogP) is 5.05. The van der Waals surface area contributed by atoms with Gasteiger partial charge in [0.1, 0.15) is 0 Å². The molecule has 0 spiro atoms. The van der Waals surface area contributed by atoms with Gasteiger partial charge in [-0.2, -0.15) is 0 Å². The van der Waals surface area contributed by atoms with Gasteiger partial charge in [-0.3, -0.25) is 0 Å². The third kappa shape index (κ3) is 3.48. The molecule has 1 N–H and O–H groups in total. The molecule has 1 aliphatic heterocycles. The van der Waals surface area contributed by atoms with Crippen LogP contribution in [0.4, 0.5) is 0 Å². The van der Waals surface area contributed by atoms with Crippen molar-refractivity contribution in [3.8, 4) is 0 Å². The van der Waals surface area contributed by atoms with Crippen LogP contribution < -0.4 is 5.32 Å². The molecule has 104 valence electrons. The van der Waals surface area contributed by atoms with E-state index in [2.05, 4.69) is 24.4 Å². The van der Waals surface area contributed by atoms with Gasteiger partial charge in [-0.05, 0) is 54.7 Å². The summed E-state index contributed by atoms with van der Waals surface area (Å²) in [5.74, 6) is 2.21. The molecule has 3 heteroatoms. The van der Waals surface area contributed by atoms with Crippen LogP contribution in [0.1, 0.15) is 50.6 Å². The van der Waals surface area contributed by atoms with Crippen LogP contribution in [0, 0.1) is 5.92 Å². The van der Waals surface area contributed by atoms with E-state index in [1.54, 1.807) is 0 Å². The van der Waals surface area contributed by atoms with Gasteiger partial charge in [0.15, 0.2) is 0 Å². The van der Waals surface area contributed by atoms with Crippen LogP contribution >= 0.6 is 23.4 Å². The highest BCUT2D eigenvalue weighted by Gasteiger charge is 2.28. The van der Waals surface area contributed by atoms with Crippen LogP contribution in [0.5, 0.6) is 0 Å². The van der Waals surface area contributed by atoms with E-state index in [0.29, 0.717) is 12.1 Å². The Bertz CT molecular complexity index is 444. The van der Waals surface area contributed by atoms with E-state index in [9.17, 15) is 0 Å². The highest BCUT2D eigenvalue weighted by atomic mass is 35.5. The maximum Gasteiger partial charge on any atom is 0.0410 e. The SMILES string of the molecule is CCC(CC1CC1)NC1CCSc2ccc(Cl)cc21. The summed E-state index contributed by atoms with van der Waals surface area (Å²) in [6.45, 7) is 2.30. The summed E-state index contributed by atoms with van der Waals surface area (Å²) in [5.41, 5.74) is 1.41. The molecule has 1 nitrogen and oxygen atoms in total. The van der Waals surface area contributed by atoms with Crippen LogP contribution in [0.2, 0.25) is 5.02 Å². The van der Waals surface area contributed by atoms with E-state index < -0.39 is 0 Å². The molecule has 2 aliphatic rings. The Morgan fingerprint density at radius 1 is 1.37 bits per heavy atom. The van der Waals surface area contributed by atoms with Crippen LogP contribution in [-0.4, -0.2) is 11.8 Å². The van der Waals surface area contributed by atoms with Gasteiger partial charge in [0.25, 0.3) is 0 Å². The number of rotatable bonds is 5. The molecule has 1 aromatic carbocycles. The van der Waals surface area contributed by atoms with Crippen LogP contribution in [-0.2, 0) is 0 Å². The standard InChI is InChI=1S/C16H22ClNS/c1-2-13(9-11-3-4-11)18-15-7-8-19-16-6-5-12(17)10-14(15)16/h5-6,10-11,13,15,18H,2-4,7-9H2,1H3. The number of fused-ring (bicyclic) bond motifs is 1. The summed E-state index contributed by atoms with van der Waals surface area (Å²) in [5, 5.41) is 4.75. The molecule has 3 rings (SSSR count). The smallest absolute Gasteiger partial charge is 0.0410 e. The Kier molecular flexibility index (Phi) is 4.40. The molecule has 1 fully saturated rings. The molecule has 0 radical (unpaired) electrons. The first-order chi connectivity index (χ1) is 9.26. The van der Waals surface area contributed by atoms with E-state index in [1.807, 2.05) is 17.8 Å². The molecule has 2 unspecified atom stereocenters. The van der Waals surface area contributed by atoms with E-state index in [-0.39, 0.29) is 0 Å². The monoisotopic (exact) mass is 295 g/mol. The normalized spacial score (nSPS) is 24.0. The molecular weight excluding hydrogens is 274 g/mol. The van der Waals surface area contributed by atoms with Crippen molar-refractivity contribution >= 4 is 23.4 Å². The van der Waals surface area contributed by atoms with Crippen molar-refractivity contribution < 1.29 is 0 Å². The number of hydrogen-bond acceptors (Lipinski definition) is 2. The van der Waals surface area contributed by atoms with Crippen molar-refractivity contribution in [2.75, 3.05) is 5.75 Å². The van der Waals surface area contributed by atoms with Crippen molar-refractivity contribution in [2.45, 2.75) is 56.0 Å². The van der Waals surface area contributed by atoms with Gasteiger partial charge in [0.2, 0.25) is 0 Å². The van der Waals surface area contributed by atoms with Gasteiger partial charge in [-0.25, -0.2) is 0 Å². The lowest BCUT2D eigenvalue weighted by Gasteiger charge is -2.30. The third-order valence-electron chi connectivity index (χ3n) is 4.26. The fourth-order valence-electron chi connectivity index (χ4n) is 2.93. The molecule has 1 aliphatic carbocycles. The van der Waals surface area contributed by atoms with E-state index in [0.717, 1.165) is 10.9 Å². The molecule has 19 heavy (non-hydrogen) atoms. The topological polar surface area (TPSA) is 12.0 Å². The molecule has 0 aromatic heterocycles. The van der Waals surface area contributed by atoms with Crippen LogP contribution in [0.25, 0.3) is 0 Å². The second-order valence-corrected chi connectivity index (χ2v) is 7.40. The zero-order valence-electron chi connectivity index (χ0n) is 11.5. The first-order valence-electron chi connectivity index (χ1n) is 7.44. The summed E-state index contributed by atoms with van der Waals surface area (Å²) in [6, 6.07) is 7.52. The largest absolute Gasteiger partial charge is 0.307 e.